The molecule has 3 aromatic rings. The molecular weight excluding hydrogens is 317 g/mol. The Morgan fingerprint density at radius 3 is 2.33 bits per heavy atom. The predicted molar refractivity (Wildman–Crippen MR) is 103 cm³/mol. The van der Waals surface area contributed by atoms with Crippen LogP contribution in [0.5, 0.6) is 0 Å². The van der Waals surface area contributed by atoms with Gasteiger partial charge in [0.15, 0.2) is 0 Å². The molecule has 1 nitrogen and oxygen atoms in total. The summed E-state index contributed by atoms with van der Waals surface area (Å²) in [7, 11) is 0. The molecule has 0 fully saturated rings. The Hall–Kier alpha value is -1.71. The SMILES string of the molecule is CCCN(CCC)Cc1cc2c(-c3ccc(F)cc3)cccc2s1. The summed E-state index contributed by atoms with van der Waals surface area (Å²) in [5, 5.41) is 1.28. The Morgan fingerprint density at radius 1 is 0.958 bits per heavy atom. The fourth-order valence-electron chi connectivity index (χ4n) is 3.20. The molecule has 2 aromatic carbocycles. The fourth-order valence-corrected chi connectivity index (χ4v) is 4.33. The molecule has 0 spiro atoms. The first-order chi connectivity index (χ1) is 11.7. The van der Waals surface area contributed by atoms with Crippen LogP contribution < -0.4 is 0 Å². The van der Waals surface area contributed by atoms with Crippen molar-refractivity contribution in [2.45, 2.75) is 33.2 Å². The van der Waals surface area contributed by atoms with Crippen molar-refractivity contribution >= 4 is 21.4 Å². The largest absolute Gasteiger partial charge is 0.298 e. The van der Waals surface area contributed by atoms with Gasteiger partial charge in [-0.05, 0) is 61.3 Å². The second-order valence-electron chi connectivity index (χ2n) is 6.21. The van der Waals surface area contributed by atoms with Gasteiger partial charge in [0.25, 0.3) is 0 Å². The highest BCUT2D eigenvalue weighted by molar-refractivity contribution is 7.19. The Bertz CT molecular complexity index is 785. The molecule has 126 valence electrons. The van der Waals surface area contributed by atoms with Gasteiger partial charge in [0.2, 0.25) is 0 Å². The lowest BCUT2D eigenvalue weighted by Crippen LogP contribution is -2.24. The van der Waals surface area contributed by atoms with Gasteiger partial charge in [-0.25, -0.2) is 4.39 Å². The summed E-state index contributed by atoms with van der Waals surface area (Å²) in [6.07, 6.45) is 2.37. The first kappa shape index (κ1) is 17.1. The van der Waals surface area contributed by atoms with E-state index in [0.717, 1.165) is 25.2 Å². The van der Waals surface area contributed by atoms with Crippen LogP contribution in [0.25, 0.3) is 21.2 Å². The standard InChI is InChI=1S/C21H24FNS/c1-3-12-23(13-4-2)15-18-14-20-19(6-5-7-21(20)24-18)16-8-10-17(22)11-9-16/h5-11,14H,3-4,12-13,15H2,1-2H3. The van der Waals surface area contributed by atoms with Crippen LogP contribution in [-0.2, 0) is 6.54 Å². The topological polar surface area (TPSA) is 3.24 Å². The molecule has 1 aromatic heterocycles. The second kappa shape index (κ2) is 7.91. The van der Waals surface area contributed by atoms with Crippen LogP contribution >= 0.6 is 11.3 Å². The van der Waals surface area contributed by atoms with E-state index in [4.69, 9.17) is 0 Å². The van der Waals surface area contributed by atoms with E-state index in [-0.39, 0.29) is 5.82 Å². The maximum Gasteiger partial charge on any atom is 0.123 e. The van der Waals surface area contributed by atoms with E-state index in [0.29, 0.717) is 0 Å². The van der Waals surface area contributed by atoms with E-state index >= 15 is 0 Å². The third-order valence-corrected chi connectivity index (χ3v) is 5.31. The van der Waals surface area contributed by atoms with Gasteiger partial charge in [-0.1, -0.05) is 38.1 Å². The second-order valence-corrected chi connectivity index (χ2v) is 7.38. The molecule has 0 atom stereocenters. The van der Waals surface area contributed by atoms with Gasteiger partial charge in [-0.3, -0.25) is 4.90 Å². The molecule has 3 heteroatoms. The van der Waals surface area contributed by atoms with Crippen molar-refractivity contribution in [3.8, 4) is 11.1 Å². The van der Waals surface area contributed by atoms with Crippen LogP contribution in [0.4, 0.5) is 4.39 Å². The van der Waals surface area contributed by atoms with E-state index in [1.54, 1.807) is 0 Å². The molecule has 0 N–H and O–H groups in total. The fraction of sp³-hybridized carbons (Fsp3) is 0.333. The van der Waals surface area contributed by atoms with Gasteiger partial charge in [0.1, 0.15) is 5.82 Å². The van der Waals surface area contributed by atoms with Crippen molar-refractivity contribution in [1.82, 2.24) is 4.90 Å². The number of benzene rings is 2. The predicted octanol–water partition coefficient (Wildman–Crippen LogP) is 6.33. The normalized spacial score (nSPS) is 11.5. The Labute approximate surface area is 147 Å². The van der Waals surface area contributed by atoms with E-state index < -0.39 is 0 Å². The number of hydrogen-bond donors (Lipinski definition) is 0. The molecular formula is C21H24FNS. The Morgan fingerprint density at radius 2 is 1.67 bits per heavy atom. The van der Waals surface area contributed by atoms with Gasteiger partial charge >= 0.3 is 0 Å². The molecule has 0 aliphatic rings. The van der Waals surface area contributed by atoms with Crippen LogP contribution in [0.3, 0.4) is 0 Å². The third-order valence-electron chi connectivity index (χ3n) is 4.23. The number of nitrogens with zero attached hydrogens (tertiary/aromatic N) is 1. The van der Waals surface area contributed by atoms with Crippen molar-refractivity contribution in [2.24, 2.45) is 0 Å². The zero-order valence-corrected chi connectivity index (χ0v) is 15.2. The molecule has 0 aliphatic carbocycles. The molecule has 1 heterocycles. The van der Waals surface area contributed by atoms with Crippen LogP contribution in [0.15, 0.2) is 48.5 Å². The molecule has 24 heavy (non-hydrogen) atoms. The van der Waals surface area contributed by atoms with Crippen LogP contribution in [0.1, 0.15) is 31.6 Å². The lowest BCUT2D eigenvalue weighted by molar-refractivity contribution is 0.269. The zero-order valence-electron chi connectivity index (χ0n) is 14.4. The minimum Gasteiger partial charge on any atom is -0.298 e. The smallest absolute Gasteiger partial charge is 0.123 e. The van der Waals surface area contributed by atoms with Crippen molar-refractivity contribution in [3.05, 3.63) is 59.2 Å². The van der Waals surface area contributed by atoms with Crippen molar-refractivity contribution in [2.75, 3.05) is 13.1 Å². The first-order valence-corrected chi connectivity index (χ1v) is 9.52. The highest BCUT2D eigenvalue weighted by Gasteiger charge is 2.11. The van der Waals surface area contributed by atoms with Crippen LogP contribution in [0.2, 0.25) is 0 Å². The maximum absolute atomic E-state index is 13.2. The summed E-state index contributed by atoms with van der Waals surface area (Å²) >= 11 is 1.87. The van der Waals surface area contributed by atoms with Crippen LogP contribution in [0, 0.1) is 5.82 Å². The van der Waals surface area contributed by atoms with Gasteiger partial charge in [-0.2, -0.15) is 0 Å². The first-order valence-electron chi connectivity index (χ1n) is 8.71. The van der Waals surface area contributed by atoms with Gasteiger partial charge < -0.3 is 0 Å². The van der Waals surface area contributed by atoms with Crippen molar-refractivity contribution in [1.29, 1.82) is 0 Å². The highest BCUT2D eigenvalue weighted by Crippen LogP contribution is 2.34. The molecule has 0 aliphatic heterocycles. The average molecular weight is 341 g/mol. The number of fused-ring (bicyclic) bond motifs is 1. The van der Waals surface area contributed by atoms with Crippen molar-refractivity contribution < 1.29 is 4.39 Å². The van der Waals surface area contributed by atoms with Gasteiger partial charge in [-0.15, -0.1) is 11.3 Å². The molecule has 3 rings (SSSR count). The molecule has 0 saturated carbocycles. The highest BCUT2D eigenvalue weighted by atomic mass is 32.1. The monoisotopic (exact) mass is 341 g/mol. The number of halogens is 1. The van der Waals surface area contributed by atoms with E-state index in [9.17, 15) is 4.39 Å². The molecule has 0 unspecified atom stereocenters. The van der Waals surface area contributed by atoms with E-state index in [1.165, 1.54) is 45.5 Å². The molecule has 0 amide bonds. The molecule has 0 bridgehead atoms. The van der Waals surface area contributed by atoms with Crippen LogP contribution in [-0.4, -0.2) is 18.0 Å². The molecule has 0 saturated heterocycles. The third kappa shape index (κ3) is 3.85. The van der Waals surface area contributed by atoms with E-state index in [2.05, 4.69) is 43.0 Å². The number of rotatable bonds is 7. The molecule has 0 radical (unpaired) electrons. The zero-order chi connectivity index (χ0) is 16.9. The summed E-state index contributed by atoms with van der Waals surface area (Å²) in [5.74, 6) is -0.188. The lowest BCUT2D eigenvalue weighted by atomic mass is 10.0. The summed E-state index contributed by atoms with van der Waals surface area (Å²) in [4.78, 5) is 3.93. The van der Waals surface area contributed by atoms with Gasteiger partial charge in [0, 0.05) is 21.5 Å². The number of hydrogen-bond acceptors (Lipinski definition) is 2. The quantitative estimate of drug-likeness (QED) is 0.485. The lowest BCUT2D eigenvalue weighted by Gasteiger charge is -2.19. The van der Waals surface area contributed by atoms with Gasteiger partial charge in [0.05, 0.1) is 0 Å². The Kier molecular flexibility index (Phi) is 5.64. The summed E-state index contributed by atoms with van der Waals surface area (Å²) in [6, 6.07) is 15.5. The van der Waals surface area contributed by atoms with E-state index in [1.807, 2.05) is 23.5 Å². The van der Waals surface area contributed by atoms with Crippen molar-refractivity contribution in [3.63, 3.8) is 0 Å². The Balaban J connectivity index is 1.93. The maximum atomic E-state index is 13.2. The average Bonchev–Trinajstić information content (AvgIpc) is 2.98. The summed E-state index contributed by atoms with van der Waals surface area (Å²) in [6.45, 7) is 7.78. The minimum absolute atomic E-state index is 0.188. The number of thiophene rings is 1. The summed E-state index contributed by atoms with van der Waals surface area (Å²) < 4.78 is 14.5. The minimum atomic E-state index is -0.188. The summed E-state index contributed by atoms with van der Waals surface area (Å²) in [5.41, 5.74) is 2.26.